The summed E-state index contributed by atoms with van der Waals surface area (Å²) in [7, 11) is 0. The van der Waals surface area contributed by atoms with Crippen molar-refractivity contribution in [3.63, 3.8) is 0 Å². The Morgan fingerprint density at radius 2 is 1.73 bits per heavy atom. The Hall–Kier alpha value is -3.09. The molecule has 0 aliphatic rings. The number of nitrogens with zero attached hydrogens (tertiary/aromatic N) is 3. The fraction of sp³-hybridized carbons (Fsp3) is 0.348. The lowest BCUT2D eigenvalue weighted by atomic mass is 9.99. The van der Waals surface area contributed by atoms with Gasteiger partial charge in [-0.3, -0.25) is 0 Å². The minimum atomic E-state index is -3.02. The van der Waals surface area contributed by atoms with Crippen molar-refractivity contribution in [3.8, 4) is 0 Å². The summed E-state index contributed by atoms with van der Waals surface area (Å²) in [6.45, 7) is 3.93. The van der Waals surface area contributed by atoms with Crippen molar-refractivity contribution in [1.29, 1.82) is 0 Å². The summed E-state index contributed by atoms with van der Waals surface area (Å²) >= 11 is 0. The molecule has 1 heterocycles. The van der Waals surface area contributed by atoms with Crippen LogP contribution in [0, 0.1) is 0 Å². The highest BCUT2D eigenvalue weighted by atomic mass is 19.3. The van der Waals surface area contributed by atoms with Crippen molar-refractivity contribution >= 4 is 5.97 Å². The molecule has 0 saturated heterocycles. The van der Waals surface area contributed by atoms with Gasteiger partial charge in [0.25, 0.3) is 0 Å². The molecular formula is C23H25F2N3O2. The first-order chi connectivity index (χ1) is 14.3. The maximum absolute atomic E-state index is 14.2. The number of carboxylic acids is 1. The van der Waals surface area contributed by atoms with E-state index in [-0.39, 0.29) is 12.0 Å². The number of aromatic carboxylic acids is 1. The lowest BCUT2D eigenvalue weighted by Gasteiger charge is -2.10. The number of hydrogen-bond donors (Lipinski definition) is 1. The van der Waals surface area contributed by atoms with Crippen molar-refractivity contribution in [2.24, 2.45) is 0 Å². The van der Waals surface area contributed by atoms with Crippen LogP contribution in [0.25, 0.3) is 0 Å². The molecule has 0 aliphatic heterocycles. The molecule has 1 N–H and O–H groups in total. The topological polar surface area (TPSA) is 68.0 Å². The maximum Gasteiger partial charge on any atom is 0.335 e. The summed E-state index contributed by atoms with van der Waals surface area (Å²) < 4.78 is 29.9. The van der Waals surface area contributed by atoms with Crippen molar-refractivity contribution in [2.75, 3.05) is 0 Å². The zero-order valence-electron chi connectivity index (χ0n) is 17.1. The Kier molecular flexibility index (Phi) is 6.59. The van der Waals surface area contributed by atoms with Crippen LogP contribution in [0.4, 0.5) is 8.78 Å². The average Bonchev–Trinajstić information content (AvgIpc) is 3.13. The second kappa shape index (κ2) is 9.15. The number of carboxylic acid groups (broad SMARTS) is 1. The normalized spacial score (nSPS) is 11.6. The van der Waals surface area contributed by atoms with Crippen LogP contribution in [0.2, 0.25) is 0 Å². The molecule has 0 saturated carbocycles. The van der Waals surface area contributed by atoms with Gasteiger partial charge in [-0.2, -0.15) is 8.78 Å². The molecule has 158 valence electrons. The van der Waals surface area contributed by atoms with Gasteiger partial charge in [-0.05, 0) is 35.6 Å². The summed E-state index contributed by atoms with van der Waals surface area (Å²) in [5.74, 6) is -3.86. The van der Waals surface area contributed by atoms with Crippen molar-refractivity contribution in [3.05, 3.63) is 82.4 Å². The minimum absolute atomic E-state index is 0.271. The second-order valence-electron chi connectivity index (χ2n) is 7.27. The predicted octanol–water partition coefficient (Wildman–Crippen LogP) is 5.07. The molecular weight excluding hydrogens is 388 g/mol. The molecule has 0 aliphatic carbocycles. The number of aryl methyl sites for hydroxylation is 1. The molecule has 0 fully saturated rings. The van der Waals surface area contributed by atoms with Gasteiger partial charge in [0.15, 0.2) is 0 Å². The van der Waals surface area contributed by atoms with Gasteiger partial charge in [-0.1, -0.05) is 56.3 Å². The zero-order chi connectivity index (χ0) is 21.7. The third kappa shape index (κ3) is 4.90. The van der Waals surface area contributed by atoms with Gasteiger partial charge >= 0.3 is 11.9 Å². The minimum Gasteiger partial charge on any atom is -0.478 e. The highest BCUT2D eigenvalue weighted by Gasteiger charge is 2.35. The van der Waals surface area contributed by atoms with Crippen LogP contribution in [0.5, 0.6) is 0 Å². The molecule has 3 aromatic rings. The molecule has 5 nitrogen and oxygen atoms in total. The largest absolute Gasteiger partial charge is 0.478 e. The zero-order valence-corrected chi connectivity index (χ0v) is 17.1. The van der Waals surface area contributed by atoms with E-state index in [0.717, 1.165) is 16.7 Å². The van der Waals surface area contributed by atoms with Gasteiger partial charge in [0.1, 0.15) is 5.82 Å². The van der Waals surface area contributed by atoms with E-state index in [1.54, 1.807) is 25.1 Å². The molecule has 3 rings (SSSR count). The van der Waals surface area contributed by atoms with Crippen LogP contribution in [0.15, 0.2) is 48.5 Å². The van der Waals surface area contributed by atoms with Crippen molar-refractivity contribution in [2.45, 2.75) is 52.0 Å². The van der Waals surface area contributed by atoms with Crippen LogP contribution in [-0.2, 0) is 25.3 Å². The maximum atomic E-state index is 14.2. The fourth-order valence-corrected chi connectivity index (χ4v) is 3.38. The summed E-state index contributed by atoms with van der Waals surface area (Å²) in [5, 5.41) is 13.4. The first-order valence-electron chi connectivity index (χ1n) is 10.0. The number of rotatable bonds is 9. The monoisotopic (exact) mass is 413 g/mol. The highest BCUT2D eigenvalue weighted by Crippen LogP contribution is 2.30. The van der Waals surface area contributed by atoms with Gasteiger partial charge in [-0.25, -0.2) is 14.5 Å². The van der Waals surface area contributed by atoms with Gasteiger partial charge < -0.3 is 5.11 Å². The van der Waals surface area contributed by atoms with Crippen LogP contribution in [0.1, 0.15) is 65.4 Å². The Bertz CT molecular complexity index is 1010. The van der Waals surface area contributed by atoms with Crippen molar-refractivity contribution in [1.82, 2.24) is 14.8 Å². The summed E-state index contributed by atoms with van der Waals surface area (Å²) in [6, 6.07) is 14.6. The molecule has 0 unspecified atom stereocenters. The molecule has 2 aromatic carbocycles. The third-order valence-corrected chi connectivity index (χ3v) is 4.95. The highest BCUT2D eigenvalue weighted by molar-refractivity contribution is 5.89. The van der Waals surface area contributed by atoms with E-state index in [1.165, 1.54) is 4.68 Å². The number of alkyl halides is 2. The van der Waals surface area contributed by atoms with Gasteiger partial charge in [0, 0.05) is 12.8 Å². The Morgan fingerprint density at radius 1 is 1.07 bits per heavy atom. The lowest BCUT2D eigenvalue weighted by molar-refractivity contribution is -0.0232. The van der Waals surface area contributed by atoms with E-state index in [0.29, 0.717) is 31.6 Å². The van der Waals surface area contributed by atoms with E-state index < -0.39 is 17.7 Å². The smallest absolute Gasteiger partial charge is 0.335 e. The molecule has 0 atom stereocenters. The fourth-order valence-electron chi connectivity index (χ4n) is 3.38. The summed E-state index contributed by atoms with van der Waals surface area (Å²) in [4.78, 5) is 15.4. The van der Waals surface area contributed by atoms with E-state index >= 15 is 0 Å². The number of halogens is 2. The summed E-state index contributed by atoms with van der Waals surface area (Å²) in [5.41, 5.74) is 2.91. The van der Waals surface area contributed by atoms with E-state index in [1.807, 2.05) is 37.3 Å². The lowest BCUT2D eigenvalue weighted by Crippen LogP contribution is -2.15. The Balaban J connectivity index is 1.77. The number of aromatic nitrogens is 3. The molecule has 0 bridgehead atoms. The summed E-state index contributed by atoms with van der Waals surface area (Å²) in [6.07, 6.45) is 1.10. The van der Waals surface area contributed by atoms with E-state index in [2.05, 4.69) is 10.1 Å². The van der Waals surface area contributed by atoms with E-state index in [9.17, 15) is 18.7 Å². The van der Waals surface area contributed by atoms with Crippen LogP contribution >= 0.6 is 0 Å². The third-order valence-electron chi connectivity index (χ3n) is 4.95. The average molecular weight is 413 g/mol. The molecule has 0 amide bonds. The Morgan fingerprint density at radius 3 is 2.37 bits per heavy atom. The first-order valence-corrected chi connectivity index (χ1v) is 10.0. The molecule has 0 radical (unpaired) electrons. The number of benzene rings is 2. The molecule has 30 heavy (non-hydrogen) atoms. The van der Waals surface area contributed by atoms with Gasteiger partial charge in [0.05, 0.1) is 12.1 Å². The van der Waals surface area contributed by atoms with Gasteiger partial charge in [0.2, 0.25) is 5.82 Å². The second-order valence-corrected chi connectivity index (χ2v) is 7.27. The predicted molar refractivity (Wildman–Crippen MR) is 110 cm³/mol. The Labute approximate surface area is 174 Å². The standard InChI is InChI=1S/C23H25F2N3O2/c1-3-13-23(24,25)22-26-20(4-2)28(27-22)15-17-11-9-16(10-12-17)14-18-7-5-6-8-19(18)21(29)30/h5-12H,3-4,13-15H2,1-2H3,(H,29,30). The quantitative estimate of drug-likeness (QED) is 0.532. The molecule has 1 aromatic heterocycles. The SMILES string of the molecule is CCCC(F)(F)c1nc(CC)n(Cc2ccc(Cc3ccccc3C(=O)O)cc2)n1. The van der Waals surface area contributed by atoms with Crippen LogP contribution < -0.4 is 0 Å². The first kappa shape index (κ1) is 21.6. The van der Waals surface area contributed by atoms with Crippen LogP contribution in [0.3, 0.4) is 0 Å². The van der Waals surface area contributed by atoms with Crippen molar-refractivity contribution < 1.29 is 18.7 Å². The van der Waals surface area contributed by atoms with E-state index in [4.69, 9.17) is 0 Å². The number of carbonyl (C=O) groups is 1. The molecule has 7 heteroatoms. The number of hydrogen-bond acceptors (Lipinski definition) is 3. The van der Waals surface area contributed by atoms with Gasteiger partial charge in [-0.15, -0.1) is 5.10 Å². The molecule has 0 spiro atoms. The van der Waals surface area contributed by atoms with Crippen LogP contribution in [-0.4, -0.2) is 25.8 Å².